The van der Waals surface area contributed by atoms with Crippen molar-refractivity contribution >= 4 is 45.9 Å². The Morgan fingerprint density at radius 2 is 1.91 bits per heavy atom. The zero-order valence-corrected chi connectivity index (χ0v) is 18.8. The number of hydrogen-bond acceptors (Lipinski definition) is 5. The largest absolute Gasteiger partial charge is 0.497 e. The molecule has 1 fully saturated rings. The number of aromatic nitrogens is 1. The summed E-state index contributed by atoms with van der Waals surface area (Å²) in [5.74, 6) is 0.0575. The quantitative estimate of drug-likeness (QED) is 0.506. The molecule has 2 unspecified atom stereocenters. The molecule has 2 aliphatic rings. The SMILES string of the molecule is COc1ccc(C2CC(=O)C3C=C(c4nc(-c5cccc(Cl)c5)cs4)C(=O)N=C3C2)cc1. The lowest BCUT2D eigenvalue weighted by molar-refractivity contribution is -0.120. The number of dihydropyridines is 1. The Hall–Kier alpha value is -3.09. The van der Waals surface area contributed by atoms with Gasteiger partial charge in [0.25, 0.3) is 5.91 Å². The van der Waals surface area contributed by atoms with E-state index in [9.17, 15) is 9.59 Å². The minimum atomic E-state index is -0.462. The maximum atomic E-state index is 13.0. The molecule has 0 radical (unpaired) electrons. The second-order valence-electron chi connectivity index (χ2n) is 7.86. The molecule has 0 bridgehead atoms. The zero-order valence-electron chi connectivity index (χ0n) is 17.2. The lowest BCUT2D eigenvalue weighted by Gasteiger charge is -2.30. The second kappa shape index (κ2) is 8.45. The number of carbonyl (C=O) groups excluding carboxylic acids is 2. The average Bonchev–Trinajstić information content (AvgIpc) is 3.29. The highest BCUT2D eigenvalue weighted by Crippen LogP contribution is 2.38. The number of Topliss-reactive ketones (excluding diaryl/α,β-unsaturated/α-hetero) is 1. The Labute approximate surface area is 194 Å². The number of methoxy groups -OCH3 is 1. The van der Waals surface area contributed by atoms with Gasteiger partial charge in [-0.15, -0.1) is 11.3 Å². The van der Waals surface area contributed by atoms with Crippen LogP contribution in [0.2, 0.25) is 5.02 Å². The third-order valence-corrected chi connectivity index (χ3v) is 6.97. The summed E-state index contributed by atoms with van der Waals surface area (Å²) in [6, 6.07) is 15.1. The first-order valence-electron chi connectivity index (χ1n) is 10.2. The molecule has 5 rings (SSSR count). The van der Waals surface area contributed by atoms with Crippen LogP contribution < -0.4 is 4.74 Å². The molecule has 2 aromatic carbocycles. The minimum Gasteiger partial charge on any atom is -0.497 e. The predicted octanol–water partition coefficient (Wildman–Crippen LogP) is 5.60. The summed E-state index contributed by atoms with van der Waals surface area (Å²) in [6.07, 6.45) is 2.75. The Balaban J connectivity index is 1.39. The van der Waals surface area contributed by atoms with Crippen molar-refractivity contribution in [2.24, 2.45) is 10.9 Å². The van der Waals surface area contributed by atoms with Crippen molar-refractivity contribution in [3.05, 3.63) is 75.6 Å². The van der Waals surface area contributed by atoms with Crippen molar-refractivity contribution < 1.29 is 14.3 Å². The summed E-state index contributed by atoms with van der Waals surface area (Å²) >= 11 is 7.45. The van der Waals surface area contributed by atoms with E-state index >= 15 is 0 Å². The van der Waals surface area contributed by atoms with Gasteiger partial charge in [0.2, 0.25) is 0 Å². The third kappa shape index (κ3) is 3.92. The van der Waals surface area contributed by atoms with Gasteiger partial charge in [0.15, 0.2) is 0 Å². The standard InChI is InChI=1S/C25H19ClN2O3S/c1-31-18-7-5-14(6-8-18)16-10-21-19(23(29)11-16)12-20(24(30)27-21)25-28-22(13-32-25)15-3-2-4-17(26)9-15/h2-9,12-13,16,19H,10-11H2,1H3. The van der Waals surface area contributed by atoms with Crippen molar-refractivity contribution in [1.82, 2.24) is 4.98 Å². The van der Waals surface area contributed by atoms with E-state index in [1.54, 1.807) is 19.3 Å². The van der Waals surface area contributed by atoms with Crippen molar-refractivity contribution in [2.45, 2.75) is 18.8 Å². The van der Waals surface area contributed by atoms with Crippen molar-refractivity contribution in [3.8, 4) is 17.0 Å². The first-order chi connectivity index (χ1) is 15.5. The van der Waals surface area contributed by atoms with E-state index in [-0.39, 0.29) is 17.6 Å². The number of nitrogens with zero attached hydrogens (tertiary/aromatic N) is 2. The van der Waals surface area contributed by atoms with Gasteiger partial charge in [-0.25, -0.2) is 9.98 Å². The van der Waals surface area contributed by atoms with Crippen LogP contribution in [0, 0.1) is 5.92 Å². The summed E-state index contributed by atoms with van der Waals surface area (Å²) in [7, 11) is 1.62. The van der Waals surface area contributed by atoms with Crippen LogP contribution in [0.3, 0.4) is 0 Å². The fraction of sp³-hybridized carbons (Fsp3) is 0.200. The molecule has 1 aliphatic heterocycles. The summed E-state index contributed by atoms with van der Waals surface area (Å²) in [5.41, 5.74) is 3.71. The third-order valence-electron chi connectivity index (χ3n) is 5.86. The minimum absolute atomic E-state index is 0.0143. The molecule has 7 heteroatoms. The van der Waals surface area contributed by atoms with Gasteiger partial charge in [-0.1, -0.05) is 41.9 Å². The molecule has 2 atom stereocenters. The van der Waals surface area contributed by atoms with Crippen LogP contribution in [0.4, 0.5) is 0 Å². The molecule has 5 nitrogen and oxygen atoms in total. The lowest BCUT2D eigenvalue weighted by Crippen LogP contribution is -2.34. The first kappa shape index (κ1) is 20.8. The van der Waals surface area contributed by atoms with Gasteiger partial charge in [-0.3, -0.25) is 9.59 Å². The second-order valence-corrected chi connectivity index (χ2v) is 9.15. The number of thiazole rings is 1. The van der Waals surface area contributed by atoms with E-state index in [2.05, 4.69) is 9.98 Å². The molecular formula is C25H19ClN2O3S. The number of halogens is 1. The van der Waals surface area contributed by atoms with Gasteiger partial charge in [0.05, 0.1) is 24.3 Å². The number of ketones is 1. The number of allylic oxidation sites excluding steroid dienone is 1. The zero-order chi connectivity index (χ0) is 22.2. The van der Waals surface area contributed by atoms with Crippen LogP contribution in [0.15, 0.2) is 65.0 Å². The molecule has 1 amide bonds. The molecule has 1 saturated carbocycles. The highest BCUT2D eigenvalue weighted by Gasteiger charge is 2.37. The van der Waals surface area contributed by atoms with Crippen molar-refractivity contribution in [1.29, 1.82) is 0 Å². The van der Waals surface area contributed by atoms with Crippen LogP contribution in [-0.2, 0) is 9.59 Å². The number of fused-ring (bicyclic) bond motifs is 1. The van der Waals surface area contributed by atoms with Gasteiger partial charge < -0.3 is 4.74 Å². The maximum absolute atomic E-state index is 13.0. The van der Waals surface area contributed by atoms with Crippen LogP contribution >= 0.6 is 22.9 Å². The number of amides is 1. The van der Waals surface area contributed by atoms with Crippen LogP contribution in [-0.4, -0.2) is 29.5 Å². The molecule has 32 heavy (non-hydrogen) atoms. The summed E-state index contributed by atoms with van der Waals surface area (Å²) in [5, 5.41) is 3.08. The number of hydrogen-bond donors (Lipinski definition) is 0. The maximum Gasteiger partial charge on any atom is 0.279 e. The smallest absolute Gasteiger partial charge is 0.279 e. The van der Waals surface area contributed by atoms with Crippen LogP contribution in [0.1, 0.15) is 29.3 Å². The summed E-state index contributed by atoms with van der Waals surface area (Å²) in [6.45, 7) is 0. The number of benzene rings is 2. The lowest BCUT2D eigenvalue weighted by atomic mass is 9.75. The molecule has 0 saturated heterocycles. The van der Waals surface area contributed by atoms with Gasteiger partial charge in [-0.2, -0.15) is 0 Å². The van der Waals surface area contributed by atoms with Crippen LogP contribution in [0.25, 0.3) is 16.8 Å². The first-order valence-corrected chi connectivity index (χ1v) is 11.5. The molecule has 1 aliphatic carbocycles. The molecule has 0 spiro atoms. The van der Waals surface area contributed by atoms with E-state index in [1.807, 2.05) is 47.8 Å². The van der Waals surface area contributed by atoms with Crippen LogP contribution in [0.5, 0.6) is 5.75 Å². The summed E-state index contributed by atoms with van der Waals surface area (Å²) < 4.78 is 5.21. The van der Waals surface area contributed by atoms with E-state index in [0.717, 1.165) is 22.6 Å². The number of rotatable bonds is 4. The normalized spacial score (nSPS) is 20.4. The molecular weight excluding hydrogens is 444 g/mol. The van der Waals surface area contributed by atoms with Gasteiger partial charge in [-0.05, 0) is 42.2 Å². The fourth-order valence-electron chi connectivity index (χ4n) is 4.19. The highest BCUT2D eigenvalue weighted by atomic mass is 35.5. The van der Waals surface area contributed by atoms with E-state index in [4.69, 9.17) is 16.3 Å². The Kier molecular flexibility index (Phi) is 5.49. The van der Waals surface area contributed by atoms with E-state index in [1.165, 1.54) is 11.3 Å². The van der Waals surface area contributed by atoms with Gasteiger partial charge in [0.1, 0.15) is 16.5 Å². The Morgan fingerprint density at radius 3 is 2.66 bits per heavy atom. The Bertz CT molecular complexity index is 1280. The molecule has 0 N–H and O–H groups in total. The van der Waals surface area contributed by atoms with E-state index in [0.29, 0.717) is 34.2 Å². The topological polar surface area (TPSA) is 68.6 Å². The van der Waals surface area contributed by atoms with Gasteiger partial charge >= 0.3 is 0 Å². The van der Waals surface area contributed by atoms with Gasteiger partial charge in [0, 0.05) is 28.1 Å². The average molecular weight is 463 g/mol. The summed E-state index contributed by atoms with van der Waals surface area (Å²) in [4.78, 5) is 34.8. The van der Waals surface area contributed by atoms with Crippen molar-refractivity contribution in [3.63, 3.8) is 0 Å². The number of ether oxygens (including phenoxy) is 1. The highest BCUT2D eigenvalue weighted by molar-refractivity contribution is 7.11. The predicted molar refractivity (Wildman–Crippen MR) is 126 cm³/mol. The Morgan fingerprint density at radius 1 is 1.09 bits per heavy atom. The molecule has 2 heterocycles. The molecule has 3 aromatic rings. The number of carbonyl (C=O) groups is 2. The number of aliphatic imine (C=N–C) groups is 1. The van der Waals surface area contributed by atoms with E-state index < -0.39 is 5.92 Å². The molecule has 1 aromatic heterocycles. The monoisotopic (exact) mass is 462 g/mol. The molecule has 160 valence electrons. The fourth-order valence-corrected chi connectivity index (χ4v) is 5.23. The van der Waals surface area contributed by atoms with Crippen molar-refractivity contribution in [2.75, 3.05) is 7.11 Å².